The van der Waals surface area contributed by atoms with Crippen LogP contribution in [0.4, 0.5) is 4.39 Å². The molecule has 0 N–H and O–H groups in total. The number of aromatic nitrogens is 1. The van der Waals surface area contributed by atoms with Crippen LogP contribution in [0.25, 0.3) is 22.4 Å². The summed E-state index contributed by atoms with van der Waals surface area (Å²) >= 11 is 0. The molecule has 0 spiro atoms. The SMILES string of the molecule is Cc1ccc2c(c1-c1cccc[n+]1C)-c1ccc(F)cc1C2(C)C. The molecule has 1 nitrogen and oxygen atoms in total. The lowest BCUT2D eigenvalue weighted by Gasteiger charge is -2.22. The van der Waals surface area contributed by atoms with Gasteiger partial charge in [-0.25, -0.2) is 8.96 Å². The van der Waals surface area contributed by atoms with Gasteiger partial charge < -0.3 is 0 Å². The van der Waals surface area contributed by atoms with Crippen LogP contribution < -0.4 is 4.57 Å². The fraction of sp³-hybridized carbons (Fsp3) is 0.227. The minimum atomic E-state index is -0.192. The minimum absolute atomic E-state index is 0.168. The van der Waals surface area contributed by atoms with Gasteiger partial charge in [0, 0.05) is 23.1 Å². The van der Waals surface area contributed by atoms with E-state index in [0.29, 0.717) is 0 Å². The molecule has 0 aliphatic heterocycles. The lowest BCUT2D eigenvalue weighted by molar-refractivity contribution is -0.660. The van der Waals surface area contributed by atoms with E-state index in [2.05, 4.69) is 62.8 Å². The maximum absolute atomic E-state index is 13.9. The summed E-state index contributed by atoms with van der Waals surface area (Å²) in [5, 5.41) is 0. The van der Waals surface area contributed by atoms with Crippen LogP contribution in [0.5, 0.6) is 0 Å². The van der Waals surface area contributed by atoms with E-state index in [9.17, 15) is 4.39 Å². The summed E-state index contributed by atoms with van der Waals surface area (Å²) in [7, 11) is 2.07. The predicted octanol–water partition coefficient (Wildman–Crippen LogP) is 4.93. The fourth-order valence-corrected chi connectivity index (χ4v) is 4.02. The number of aryl methyl sites for hydroxylation is 2. The first-order valence-corrected chi connectivity index (χ1v) is 8.31. The number of hydrogen-bond donors (Lipinski definition) is 0. The first-order chi connectivity index (χ1) is 11.4. The van der Waals surface area contributed by atoms with E-state index >= 15 is 0 Å². The molecule has 0 atom stereocenters. The molecule has 0 radical (unpaired) electrons. The molecule has 0 fully saturated rings. The second-order valence-electron chi connectivity index (χ2n) is 7.19. The van der Waals surface area contributed by atoms with Gasteiger partial charge in [-0.2, -0.15) is 0 Å². The Morgan fingerprint density at radius 1 is 0.917 bits per heavy atom. The second-order valence-corrected chi connectivity index (χ2v) is 7.19. The number of rotatable bonds is 1. The van der Waals surface area contributed by atoms with Crippen molar-refractivity contribution in [3.63, 3.8) is 0 Å². The molecule has 0 unspecified atom stereocenters. The van der Waals surface area contributed by atoms with Gasteiger partial charge in [0.25, 0.3) is 0 Å². The molecule has 2 heteroatoms. The second kappa shape index (κ2) is 5.01. The Bertz CT molecular complexity index is 970. The molecule has 1 heterocycles. The Hall–Kier alpha value is -2.48. The average molecular weight is 318 g/mol. The summed E-state index contributed by atoms with van der Waals surface area (Å²) in [5.74, 6) is -0.168. The molecule has 3 aromatic rings. The average Bonchev–Trinajstić information content (AvgIpc) is 2.76. The maximum Gasteiger partial charge on any atom is 0.213 e. The Labute approximate surface area is 142 Å². The van der Waals surface area contributed by atoms with E-state index in [1.165, 1.54) is 27.9 Å². The number of pyridine rings is 1. The van der Waals surface area contributed by atoms with Gasteiger partial charge in [0.05, 0.1) is 5.56 Å². The summed E-state index contributed by atoms with van der Waals surface area (Å²) in [4.78, 5) is 0. The van der Waals surface area contributed by atoms with Crippen LogP contribution in [0, 0.1) is 12.7 Å². The third-order valence-electron chi connectivity index (χ3n) is 5.32. The molecular weight excluding hydrogens is 297 g/mol. The topological polar surface area (TPSA) is 3.88 Å². The smallest absolute Gasteiger partial charge is 0.207 e. The molecule has 1 aliphatic carbocycles. The van der Waals surface area contributed by atoms with Gasteiger partial charge in [-0.1, -0.05) is 32.0 Å². The van der Waals surface area contributed by atoms with Crippen LogP contribution in [-0.2, 0) is 12.5 Å². The number of halogens is 1. The van der Waals surface area contributed by atoms with Crippen molar-refractivity contribution in [1.82, 2.24) is 0 Å². The molecule has 2 aromatic carbocycles. The number of fused-ring (bicyclic) bond motifs is 3. The largest absolute Gasteiger partial charge is 0.213 e. The zero-order chi connectivity index (χ0) is 17.1. The van der Waals surface area contributed by atoms with Crippen molar-refractivity contribution in [3.05, 3.63) is 77.2 Å². The van der Waals surface area contributed by atoms with Gasteiger partial charge in [0.1, 0.15) is 12.9 Å². The van der Waals surface area contributed by atoms with Crippen LogP contribution in [-0.4, -0.2) is 0 Å². The van der Waals surface area contributed by atoms with Crippen molar-refractivity contribution in [3.8, 4) is 22.4 Å². The van der Waals surface area contributed by atoms with Crippen LogP contribution in [0.3, 0.4) is 0 Å². The monoisotopic (exact) mass is 318 g/mol. The number of benzene rings is 2. The van der Waals surface area contributed by atoms with Gasteiger partial charge in [0.2, 0.25) is 5.69 Å². The third-order valence-corrected chi connectivity index (χ3v) is 5.32. The molecule has 24 heavy (non-hydrogen) atoms. The van der Waals surface area contributed by atoms with Crippen LogP contribution >= 0.6 is 0 Å². The maximum atomic E-state index is 13.9. The van der Waals surface area contributed by atoms with Gasteiger partial charge >= 0.3 is 0 Å². The lowest BCUT2D eigenvalue weighted by Crippen LogP contribution is -2.30. The Balaban J connectivity index is 2.13. The predicted molar refractivity (Wildman–Crippen MR) is 95.3 cm³/mol. The highest BCUT2D eigenvalue weighted by Crippen LogP contribution is 2.52. The lowest BCUT2D eigenvalue weighted by atomic mass is 9.81. The number of hydrogen-bond acceptors (Lipinski definition) is 0. The van der Waals surface area contributed by atoms with E-state index < -0.39 is 0 Å². The Morgan fingerprint density at radius 2 is 1.71 bits per heavy atom. The summed E-state index contributed by atoms with van der Waals surface area (Å²) < 4.78 is 16.0. The van der Waals surface area contributed by atoms with E-state index in [1.54, 1.807) is 12.1 Å². The van der Waals surface area contributed by atoms with Crippen molar-refractivity contribution in [2.75, 3.05) is 0 Å². The first kappa shape index (κ1) is 15.1. The van der Waals surface area contributed by atoms with Crippen molar-refractivity contribution in [1.29, 1.82) is 0 Å². The molecule has 4 rings (SSSR count). The zero-order valence-corrected chi connectivity index (χ0v) is 14.5. The molecule has 0 saturated heterocycles. The Morgan fingerprint density at radius 3 is 2.46 bits per heavy atom. The van der Waals surface area contributed by atoms with Crippen LogP contribution in [0.1, 0.15) is 30.5 Å². The third kappa shape index (κ3) is 1.96. The van der Waals surface area contributed by atoms with Crippen LogP contribution in [0.15, 0.2) is 54.7 Å². The van der Waals surface area contributed by atoms with E-state index in [-0.39, 0.29) is 11.2 Å². The highest BCUT2D eigenvalue weighted by Gasteiger charge is 2.38. The van der Waals surface area contributed by atoms with Crippen LogP contribution in [0.2, 0.25) is 0 Å². The highest BCUT2D eigenvalue weighted by molar-refractivity contribution is 5.92. The van der Waals surface area contributed by atoms with E-state index in [1.807, 2.05) is 12.1 Å². The fourth-order valence-electron chi connectivity index (χ4n) is 4.02. The molecule has 0 saturated carbocycles. The Kier molecular flexibility index (Phi) is 3.14. The van der Waals surface area contributed by atoms with Gasteiger partial charge in [-0.15, -0.1) is 0 Å². The van der Waals surface area contributed by atoms with Gasteiger partial charge in [0.15, 0.2) is 6.20 Å². The summed E-state index contributed by atoms with van der Waals surface area (Å²) in [6.45, 7) is 6.51. The molecule has 120 valence electrons. The van der Waals surface area contributed by atoms with Crippen molar-refractivity contribution in [2.24, 2.45) is 7.05 Å². The summed E-state index contributed by atoms with van der Waals surface area (Å²) in [6.07, 6.45) is 2.07. The quantitative estimate of drug-likeness (QED) is 0.560. The molecule has 0 amide bonds. The van der Waals surface area contributed by atoms with Crippen molar-refractivity contribution >= 4 is 0 Å². The summed E-state index contributed by atoms with van der Waals surface area (Å²) in [5.41, 5.74) is 8.21. The first-order valence-electron chi connectivity index (χ1n) is 8.31. The van der Waals surface area contributed by atoms with Gasteiger partial charge in [-0.05, 0) is 47.4 Å². The minimum Gasteiger partial charge on any atom is -0.207 e. The standard InChI is InChI=1S/C22H21FN/c1-14-8-11-17-21(20(14)19-7-5-6-12-24(19)4)16-10-9-15(23)13-18(16)22(17,2)3/h5-13H,1-4H3/q+1. The van der Waals surface area contributed by atoms with Crippen molar-refractivity contribution in [2.45, 2.75) is 26.2 Å². The van der Waals surface area contributed by atoms with Crippen molar-refractivity contribution < 1.29 is 8.96 Å². The number of nitrogens with zero attached hydrogens (tertiary/aromatic N) is 1. The molecular formula is C22H21FN+. The molecule has 1 aromatic heterocycles. The van der Waals surface area contributed by atoms with E-state index in [0.717, 1.165) is 11.1 Å². The normalized spacial score (nSPS) is 14.4. The van der Waals surface area contributed by atoms with Gasteiger partial charge in [-0.3, -0.25) is 0 Å². The van der Waals surface area contributed by atoms with E-state index in [4.69, 9.17) is 0 Å². The molecule has 0 bridgehead atoms. The highest BCUT2D eigenvalue weighted by atomic mass is 19.1. The molecule has 1 aliphatic rings. The summed E-state index contributed by atoms with van der Waals surface area (Å²) in [6, 6.07) is 15.8. The zero-order valence-electron chi connectivity index (χ0n) is 14.5.